The van der Waals surface area contributed by atoms with Gasteiger partial charge in [-0.05, 0) is 35.6 Å². The van der Waals surface area contributed by atoms with Crippen molar-refractivity contribution in [2.24, 2.45) is 0 Å². The van der Waals surface area contributed by atoms with Crippen molar-refractivity contribution in [3.8, 4) is 6.07 Å². The van der Waals surface area contributed by atoms with Gasteiger partial charge in [0.2, 0.25) is 0 Å². The fourth-order valence-electron chi connectivity index (χ4n) is 1.96. The Balaban J connectivity index is 2.53. The second-order valence-corrected chi connectivity index (χ2v) is 3.61. The number of fused-ring (bicyclic) bond motifs is 1. The summed E-state index contributed by atoms with van der Waals surface area (Å²) in [6.45, 7) is 2.08. The van der Waals surface area contributed by atoms with Gasteiger partial charge in [0.1, 0.15) is 0 Å². The molecule has 0 radical (unpaired) electrons. The maximum Gasteiger partial charge on any atom is 0.0991 e. The predicted octanol–water partition coefficient (Wildman–Crippen LogP) is 2.10. The Kier molecular flexibility index (Phi) is 1.82. The molecule has 66 valence electrons. The van der Waals surface area contributed by atoms with Crippen molar-refractivity contribution in [2.45, 2.75) is 25.4 Å². The van der Waals surface area contributed by atoms with E-state index >= 15 is 0 Å². The van der Waals surface area contributed by atoms with Crippen LogP contribution in [0.25, 0.3) is 0 Å². The molecular weight excluding hydrogens is 162 g/mol. The molecule has 0 aliphatic heterocycles. The van der Waals surface area contributed by atoms with Gasteiger partial charge in [-0.1, -0.05) is 13.0 Å². The average Bonchev–Trinajstić information content (AvgIpc) is 2.42. The summed E-state index contributed by atoms with van der Waals surface area (Å²) in [5.41, 5.74) is 2.80. The molecule has 1 aromatic rings. The predicted molar refractivity (Wildman–Crippen MR) is 49.1 cm³/mol. The molecule has 0 fully saturated rings. The van der Waals surface area contributed by atoms with Crippen LogP contribution in [0.4, 0.5) is 0 Å². The third-order valence-electron chi connectivity index (χ3n) is 2.68. The molecule has 0 spiro atoms. The Bertz CT molecular complexity index is 378. The molecule has 0 aromatic heterocycles. The monoisotopic (exact) mass is 173 g/mol. The smallest absolute Gasteiger partial charge is 0.0991 e. The quantitative estimate of drug-likeness (QED) is 0.653. The minimum atomic E-state index is -0.335. The summed E-state index contributed by atoms with van der Waals surface area (Å²) in [5, 5.41) is 18.3. The zero-order valence-corrected chi connectivity index (χ0v) is 7.49. The van der Waals surface area contributed by atoms with Gasteiger partial charge in [-0.2, -0.15) is 5.26 Å². The lowest BCUT2D eigenvalue weighted by Crippen LogP contribution is -1.89. The van der Waals surface area contributed by atoms with Gasteiger partial charge >= 0.3 is 0 Å². The summed E-state index contributed by atoms with van der Waals surface area (Å²) >= 11 is 0. The first-order valence-corrected chi connectivity index (χ1v) is 4.44. The van der Waals surface area contributed by atoms with Crippen molar-refractivity contribution in [1.29, 1.82) is 5.26 Å². The first-order chi connectivity index (χ1) is 6.22. The molecule has 0 saturated heterocycles. The number of nitrogens with zero attached hydrogens (tertiary/aromatic N) is 1. The van der Waals surface area contributed by atoms with Crippen molar-refractivity contribution in [2.75, 3.05) is 0 Å². The fraction of sp³-hybridized carbons (Fsp3) is 0.364. The molecule has 1 aliphatic carbocycles. The van der Waals surface area contributed by atoms with E-state index in [4.69, 9.17) is 5.26 Å². The second-order valence-electron chi connectivity index (χ2n) is 3.61. The first kappa shape index (κ1) is 8.28. The van der Waals surface area contributed by atoms with E-state index in [9.17, 15) is 5.11 Å². The number of aliphatic hydroxyl groups excluding tert-OH is 1. The standard InChI is InChI=1S/C11H11NO/c1-7-4-11(13)9-3-2-8(6-12)5-10(7)9/h2-3,5,7,11,13H,4H2,1H3. The van der Waals surface area contributed by atoms with Gasteiger partial charge in [-0.15, -0.1) is 0 Å². The highest BCUT2D eigenvalue weighted by Gasteiger charge is 2.26. The summed E-state index contributed by atoms with van der Waals surface area (Å²) in [4.78, 5) is 0. The topological polar surface area (TPSA) is 44.0 Å². The van der Waals surface area contributed by atoms with Gasteiger partial charge in [-0.3, -0.25) is 0 Å². The normalized spacial score (nSPS) is 25.3. The van der Waals surface area contributed by atoms with E-state index in [1.807, 2.05) is 12.1 Å². The number of hydrogen-bond donors (Lipinski definition) is 1. The molecular formula is C11H11NO. The highest BCUT2D eigenvalue weighted by atomic mass is 16.3. The maximum atomic E-state index is 9.63. The van der Waals surface area contributed by atoms with E-state index in [0.29, 0.717) is 11.5 Å². The lowest BCUT2D eigenvalue weighted by molar-refractivity contribution is 0.174. The summed E-state index contributed by atoms with van der Waals surface area (Å²) in [7, 11) is 0. The highest BCUT2D eigenvalue weighted by molar-refractivity contribution is 5.43. The van der Waals surface area contributed by atoms with Gasteiger partial charge in [0.25, 0.3) is 0 Å². The fourth-order valence-corrected chi connectivity index (χ4v) is 1.96. The third-order valence-corrected chi connectivity index (χ3v) is 2.68. The summed E-state index contributed by atoms with van der Waals surface area (Å²) in [5.74, 6) is 0.373. The van der Waals surface area contributed by atoms with Crippen LogP contribution in [0.3, 0.4) is 0 Å². The molecule has 1 N–H and O–H groups in total. The lowest BCUT2D eigenvalue weighted by Gasteiger charge is -2.03. The van der Waals surface area contributed by atoms with Crippen molar-refractivity contribution in [1.82, 2.24) is 0 Å². The average molecular weight is 173 g/mol. The van der Waals surface area contributed by atoms with Crippen LogP contribution in [0, 0.1) is 11.3 Å². The Hall–Kier alpha value is -1.33. The Morgan fingerprint density at radius 2 is 2.23 bits per heavy atom. The summed E-state index contributed by atoms with van der Waals surface area (Å²) < 4.78 is 0. The molecule has 2 atom stereocenters. The second kappa shape index (κ2) is 2.86. The minimum Gasteiger partial charge on any atom is -0.388 e. The molecule has 1 aliphatic rings. The van der Waals surface area contributed by atoms with Crippen molar-refractivity contribution in [3.63, 3.8) is 0 Å². The zero-order chi connectivity index (χ0) is 9.42. The molecule has 2 unspecified atom stereocenters. The van der Waals surface area contributed by atoms with Crippen LogP contribution in [0.15, 0.2) is 18.2 Å². The van der Waals surface area contributed by atoms with Crippen LogP contribution in [-0.4, -0.2) is 5.11 Å². The minimum absolute atomic E-state index is 0.335. The molecule has 13 heavy (non-hydrogen) atoms. The van der Waals surface area contributed by atoms with E-state index in [-0.39, 0.29) is 6.10 Å². The first-order valence-electron chi connectivity index (χ1n) is 4.44. The van der Waals surface area contributed by atoms with Crippen LogP contribution in [0.2, 0.25) is 0 Å². The van der Waals surface area contributed by atoms with E-state index < -0.39 is 0 Å². The van der Waals surface area contributed by atoms with Crippen molar-refractivity contribution in [3.05, 3.63) is 34.9 Å². The van der Waals surface area contributed by atoms with Crippen molar-refractivity contribution < 1.29 is 5.11 Å². The van der Waals surface area contributed by atoms with Gasteiger partial charge in [-0.25, -0.2) is 0 Å². The number of hydrogen-bond acceptors (Lipinski definition) is 2. The van der Waals surface area contributed by atoms with Gasteiger partial charge in [0, 0.05) is 0 Å². The largest absolute Gasteiger partial charge is 0.388 e. The van der Waals surface area contributed by atoms with E-state index in [1.54, 1.807) is 6.07 Å². The van der Waals surface area contributed by atoms with Crippen molar-refractivity contribution >= 4 is 0 Å². The third kappa shape index (κ3) is 1.22. The van der Waals surface area contributed by atoms with E-state index in [1.165, 1.54) is 0 Å². The Morgan fingerprint density at radius 3 is 2.92 bits per heavy atom. The van der Waals surface area contributed by atoms with Gasteiger partial charge in [0.05, 0.1) is 17.7 Å². The molecule has 0 amide bonds. The molecule has 2 rings (SSSR count). The number of benzene rings is 1. The zero-order valence-electron chi connectivity index (χ0n) is 7.49. The number of rotatable bonds is 0. The lowest BCUT2D eigenvalue weighted by atomic mass is 10.0. The molecule has 0 saturated carbocycles. The van der Waals surface area contributed by atoms with Crippen LogP contribution in [0.1, 0.15) is 42.1 Å². The molecule has 1 aromatic carbocycles. The Morgan fingerprint density at radius 1 is 1.46 bits per heavy atom. The van der Waals surface area contributed by atoms with E-state index in [0.717, 1.165) is 17.5 Å². The molecule has 0 heterocycles. The summed E-state index contributed by atoms with van der Waals surface area (Å²) in [6, 6.07) is 7.62. The highest BCUT2D eigenvalue weighted by Crippen LogP contribution is 2.39. The molecule has 0 bridgehead atoms. The number of nitriles is 1. The van der Waals surface area contributed by atoms with Gasteiger partial charge in [0.15, 0.2) is 0 Å². The van der Waals surface area contributed by atoms with Crippen LogP contribution in [0.5, 0.6) is 0 Å². The molecule has 2 heteroatoms. The van der Waals surface area contributed by atoms with E-state index in [2.05, 4.69) is 13.0 Å². The summed E-state index contributed by atoms with van der Waals surface area (Å²) in [6.07, 6.45) is 0.447. The van der Waals surface area contributed by atoms with Crippen LogP contribution < -0.4 is 0 Å². The van der Waals surface area contributed by atoms with Gasteiger partial charge < -0.3 is 5.11 Å². The number of aliphatic hydroxyl groups is 1. The SMILES string of the molecule is CC1CC(O)c2ccc(C#N)cc21. The maximum absolute atomic E-state index is 9.63. The Labute approximate surface area is 77.4 Å². The van der Waals surface area contributed by atoms with Crippen LogP contribution in [-0.2, 0) is 0 Å². The van der Waals surface area contributed by atoms with Crippen LogP contribution >= 0.6 is 0 Å². The molecule has 2 nitrogen and oxygen atoms in total.